The first-order valence-electron chi connectivity index (χ1n) is 10.4. The molecule has 0 radical (unpaired) electrons. The average Bonchev–Trinajstić information content (AvgIpc) is 2.94. The van der Waals surface area contributed by atoms with Crippen molar-refractivity contribution < 1.29 is 33.0 Å². The number of carbonyl (C=O) groups excluding carboxylic acids is 4. The summed E-state index contributed by atoms with van der Waals surface area (Å²) in [6.45, 7) is 3.45. The van der Waals surface area contributed by atoms with Gasteiger partial charge in [-0.15, -0.1) is 0 Å². The molecule has 2 aliphatic heterocycles. The Morgan fingerprint density at radius 2 is 2.03 bits per heavy atom. The highest BCUT2D eigenvalue weighted by atomic mass is 19.1. The van der Waals surface area contributed by atoms with Crippen molar-refractivity contribution in [3.8, 4) is 0 Å². The molecular weight excluding hydrogens is 421 g/mol. The topological polar surface area (TPSA) is 105 Å². The molecule has 1 fully saturated rings. The number of ether oxygens (including phenoxy) is 2. The number of nitrogens with one attached hydrogen (secondary N) is 1. The number of anilines is 1. The number of nitrogens with zero attached hydrogens (tertiary/aromatic N) is 2. The number of carbonyl (C=O) groups is 4. The Hall–Kier alpha value is -3.43. The first-order chi connectivity index (χ1) is 15.3. The van der Waals surface area contributed by atoms with Gasteiger partial charge in [0.1, 0.15) is 12.4 Å². The smallest absolute Gasteiger partial charge is 0.414 e. The molecule has 9 nitrogen and oxygen atoms in total. The highest BCUT2D eigenvalue weighted by molar-refractivity contribution is 5.91. The van der Waals surface area contributed by atoms with E-state index in [4.69, 9.17) is 9.47 Å². The van der Waals surface area contributed by atoms with Gasteiger partial charge >= 0.3 is 12.1 Å². The first kappa shape index (κ1) is 23.2. The van der Waals surface area contributed by atoms with Gasteiger partial charge in [0.25, 0.3) is 5.91 Å². The monoisotopic (exact) mass is 447 g/mol. The summed E-state index contributed by atoms with van der Waals surface area (Å²) in [6.07, 6.45) is 2.28. The van der Waals surface area contributed by atoms with Gasteiger partial charge in [-0.1, -0.05) is 6.08 Å². The van der Waals surface area contributed by atoms with Gasteiger partial charge in [-0.25, -0.2) is 9.18 Å². The lowest BCUT2D eigenvalue weighted by Gasteiger charge is -2.22. The van der Waals surface area contributed by atoms with Crippen molar-refractivity contribution in [1.29, 1.82) is 0 Å². The molecule has 10 heteroatoms. The molecule has 0 spiro atoms. The minimum atomic E-state index is -0.594. The zero-order chi connectivity index (χ0) is 23.3. The maximum absolute atomic E-state index is 15.0. The van der Waals surface area contributed by atoms with Gasteiger partial charge in [0.2, 0.25) is 5.91 Å². The van der Waals surface area contributed by atoms with Crippen LogP contribution in [0.15, 0.2) is 24.3 Å². The minimum absolute atomic E-state index is 0.102. The molecule has 0 saturated carbocycles. The summed E-state index contributed by atoms with van der Waals surface area (Å²) < 4.78 is 24.9. The van der Waals surface area contributed by atoms with Gasteiger partial charge < -0.3 is 19.7 Å². The molecule has 0 unspecified atom stereocenters. The number of esters is 1. The fourth-order valence-corrected chi connectivity index (χ4v) is 3.72. The number of cyclic esters (lactones) is 1. The van der Waals surface area contributed by atoms with E-state index in [1.165, 1.54) is 24.8 Å². The molecule has 0 bridgehead atoms. The molecule has 3 amide bonds. The standard InChI is InChI=1S/C22H26FN3O6/c1-14(27)24-11-18-12-32-22(30)26(18)17-5-6-19(20(23)10-17)16-4-3-8-25(9-7-16)21(29)13-31-15(2)28/h4-6,10,18H,3,7-9,11-13H2,1-2H3,(H,24,27)/t18-/m0/s1. The summed E-state index contributed by atoms with van der Waals surface area (Å²) in [7, 11) is 0. The lowest BCUT2D eigenvalue weighted by molar-refractivity contribution is -0.150. The molecule has 2 aliphatic rings. The summed E-state index contributed by atoms with van der Waals surface area (Å²) in [5, 5.41) is 2.65. The Morgan fingerprint density at radius 1 is 1.25 bits per heavy atom. The lowest BCUT2D eigenvalue weighted by atomic mass is 10.0. The van der Waals surface area contributed by atoms with Crippen molar-refractivity contribution in [2.45, 2.75) is 32.7 Å². The quantitative estimate of drug-likeness (QED) is 0.668. The van der Waals surface area contributed by atoms with Crippen molar-refractivity contribution >= 4 is 35.1 Å². The lowest BCUT2D eigenvalue weighted by Crippen LogP contribution is -2.42. The van der Waals surface area contributed by atoms with E-state index in [1.54, 1.807) is 17.0 Å². The summed E-state index contributed by atoms with van der Waals surface area (Å²) in [5.74, 6) is -1.53. The van der Waals surface area contributed by atoms with E-state index in [2.05, 4.69) is 5.32 Å². The molecule has 32 heavy (non-hydrogen) atoms. The van der Waals surface area contributed by atoms with E-state index in [-0.39, 0.29) is 31.6 Å². The van der Waals surface area contributed by atoms with Gasteiger partial charge in [0, 0.05) is 39.0 Å². The molecule has 1 N–H and O–H groups in total. The summed E-state index contributed by atoms with van der Waals surface area (Å²) in [4.78, 5) is 49.4. The molecule has 1 aromatic carbocycles. The van der Waals surface area contributed by atoms with Crippen LogP contribution in [0, 0.1) is 5.82 Å². The van der Waals surface area contributed by atoms with Crippen LogP contribution in [0.5, 0.6) is 0 Å². The van der Waals surface area contributed by atoms with Gasteiger partial charge in [0.05, 0.1) is 11.7 Å². The van der Waals surface area contributed by atoms with Crippen LogP contribution in [0.4, 0.5) is 14.9 Å². The highest BCUT2D eigenvalue weighted by Gasteiger charge is 2.34. The normalized spacial score (nSPS) is 18.5. The van der Waals surface area contributed by atoms with Gasteiger partial charge in [-0.2, -0.15) is 0 Å². The van der Waals surface area contributed by atoms with E-state index in [0.29, 0.717) is 37.2 Å². The van der Waals surface area contributed by atoms with Crippen LogP contribution in [0.1, 0.15) is 32.3 Å². The Balaban J connectivity index is 1.69. The van der Waals surface area contributed by atoms with Crippen LogP contribution >= 0.6 is 0 Å². The fraction of sp³-hybridized carbons (Fsp3) is 0.455. The largest absolute Gasteiger partial charge is 0.456 e. The van der Waals surface area contributed by atoms with E-state index in [0.717, 1.165) is 5.57 Å². The van der Waals surface area contributed by atoms with Gasteiger partial charge in [-0.05, 0) is 36.6 Å². The summed E-state index contributed by atoms with van der Waals surface area (Å²) >= 11 is 0. The van der Waals surface area contributed by atoms with Crippen LogP contribution in [0.25, 0.3) is 5.57 Å². The van der Waals surface area contributed by atoms with Crippen LogP contribution < -0.4 is 10.2 Å². The zero-order valence-corrected chi connectivity index (χ0v) is 18.1. The molecule has 1 aromatic rings. The fourth-order valence-electron chi connectivity index (χ4n) is 3.72. The molecule has 172 valence electrons. The number of halogens is 1. The van der Waals surface area contributed by atoms with Gasteiger partial charge in [0.15, 0.2) is 6.61 Å². The Labute approximate surface area is 185 Å². The predicted octanol–water partition coefficient (Wildman–Crippen LogP) is 1.86. The number of benzene rings is 1. The second kappa shape index (κ2) is 10.3. The van der Waals surface area contributed by atoms with E-state index in [9.17, 15) is 19.2 Å². The van der Waals surface area contributed by atoms with Crippen molar-refractivity contribution in [3.05, 3.63) is 35.7 Å². The Kier molecular flexibility index (Phi) is 7.45. The maximum Gasteiger partial charge on any atom is 0.414 e. The van der Waals surface area contributed by atoms with Crippen LogP contribution in [0.3, 0.4) is 0 Å². The first-order valence-corrected chi connectivity index (χ1v) is 10.4. The molecular formula is C22H26FN3O6. The van der Waals surface area contributed by atoms with Crippen molar-refractivity contribution in [2.75, 3.05) is 37.7 Å². The number of rotatable bonds is 6. The third kappa shape index (κ3) is 5.63. The van der Waals surface area contributed by atoms with Crippen LogP contribution in [0.2, 0.25) is 0 Å². The molecule has 0 aliphatic carbocycles. The third-order valence-corrected chi connectivity index (χ3v) is 5.32. The van der Waals surface area contributed by atoms with Crippen LogP contribution in [-0.4, -0.2) is 67.7 Å². The number of amides is 3. The second-order valence-electron chi connectivity index (χ2n) is 7.63. The highest BCUT2D eigenvalue weighted by Crippen LogP contribution is 2.30. The number of hydrogen-bond donors (Lipinski definition) is 1. The molecule has 1 atom stereocenters. The summed E-state index contributed by atoms with van der Waals surface area (Å²) in [6, 6.07) is 4.10. The second-order valence-corrected chi connectivity index (χ2v) is 7.63. The Bertz CT molecular complexity index is 948. The predicted molar refractivity (Wildman–Crippen MR) is 113 cm³/mol. The third-order valence-electron chi connectivity index (χ3n) is 5.32. The maximum atomic E-state index is 15.0. The molecule has 3 rings (SSSR count). The minimum Gasteiger partial charge on any atom is -0.456 e. The van der Waals surface area contributed by atoms with Crippen LogP contribution in [-0.2, 0) is 23.9 Å². The molecule has 1 saturated heterocycles. The van der Waals surface area contributed by atoms with Gasteiger partial charge in [-0.3, -0.25) is 19.3 Å². The van der Waals surface area contributed by atoms with E-state index >= 15 is 4.39 Å². The Morgan fingerprint density at radius 3 is 2.72 bits per heavy atom. The molecule has 2 heterocycles. The van der Waals surface area contributed by atoms with Crippen molar-refractivity contribution in [2.24, 2.45) is 0 Å². The molecule has 0 aromatic heterocycles. The van der Waals surface area contributed by atoms with E-state index < -0.39 is 23.9 Å². The zero-order valence-electron chi connectivity index (χ0n) is 18.1. The van der Waals surface area contributed by atoms with Crippen molar-refractivity contribution in [3.63, 3.8) is 0 Å². The van der Waals surface area contributed by atoms with E-state index in [1.807, 2.05) is 6.08 Å². The van der Waals surface area contributed by atoms with Crippen molar-refractivity contribution in [1.82, 2.24) is 10.2 Å². The SMILES string of the molecule is CC(=O)NC[C@H]1COC(=O)N1c1ccc(C2=CCCN(C(=O)COC(C)=O)CC2)c(F)c1. The average molecular weight is 447 g/mol. The summed E-state index contributed by atoms with van der Waals surface area (Å²) in [5.41, 5.74) is 1.50. The number of hydrogen-bond acceptors (Lipinski definition) is 6.